The molecule has 0 radical (unpaired) electrons. The van der Waals surface area contributed by atoms with Crippen LogP contribution in [0.15, 0.2) is 46.0 Å². The van der Waals surface area contributed by atoms with Crippen LogP contribution in [0, 0.1) is 0 Å². The number of aromatic nitrogens is 3. The molecule has 0 bridgehead atoms. The van der Waals surface area contributed by atoms with Gasteiger partial charge in [-0.1, -0.05) is 0 Å². The topological polar surface area (TPSA) is 86.2 Å². The molecule has 1 N–H and O–H groups in total. The Morgan fingerprint density at radius 1 is 1.11 bits per heavy atom. The third kappa shape index (κ3) is 4.33. The Hall–Kier alpha value is -3.30. The smallest absolute Gasteiger partial charge is 0.422 e. The van der Waals surface area contributed by atoms with Gasteiger partial charge in [-0.3, -0.25) is 9.59 Å². The zero-order chi connectivity index (χ0) is 20.5. The average Bonchev–Trinajstić information content (AvgIpc) is 2.59. The normalized spacial score (nSPS) is 11.8. The second-order valence-corrected chi connectivity index (χ2v) is 6.18. The lowest BCUT2D eigenvalue weighted by atomic mass is 10.2. The summed E-state index contributed by atoms with van der Waals surface area (Å²) >= 11 is 0. The van der Waals surface area contributed by atoms with Crippen molar-refractivity contribution < 1.29 is 22.6 Å². The highest BCUT2D eigenvalue weighted by atomic mass is 19.4. The maximum Gasteiger partial charge on any atom is 0.422 e. The van der Waals surface area contributed by atoms with E-state index < -0.39 is 23.9 Å². The van der Waals surface area contributed by atoms with Crippen LogP contribution in [-0.4, -0.2) is 33.4 Å². The molecule has 3 rings (SSSR count). The lowest BCUT2D eigenvalue weighted by Crippen LogP contribution is -2.25. The van der Waals surface area contributed by atoms with Crippen LogP contribution in [0.5, 0.6) is 11.8 Å². The molecule has 3 aromatic rings. The first kappa shape index (κ1) is 19.5. The average molecular weight is 395 g/mol. The van der Waals surface area contributed by atoms with Gasteiger partial charge in [0.25, 0.3) is 5.56 Å². The monoisotopic (exact) mass is 395 g/mol. The molecule has 0 atom stereocenters. The molecular weight excluding hydrogens is 379 g/mol. The quantitative estimate of drug-likeness (QED) is 0.718. The lowest BCUT2D eigenvalue weighted by Gasteiger charge is -2.16. The van der Waals surface area contributed by atoms with Gasteiger partial charge in [-0.2, -0.15) is 18.2 Å². The van der Waals surface area contributed by atoms with Crippen molar-refractivity contribution in [3.8, 4) is 17.4 Å². The highest BCUT2D eigenvalue weighted by molar-refractivity contribution is 5.74. The van der Waals surface area contributed by atoms with Gasteiger partial charge < -0.3 is 14.5 Å². The minimum Gasteiger partial charge on any atom is -0.484 e. The minimum atomic E-state index is -4.45. The molecule has 7 nitrogen and oxygen atoms in total. The fourth-order valence-electron chi connectivity index (χ4n) is 2.45. The summed E-state index contributed by atoms with van der Waals surface area (Å²) < 4.78 is 48.3. The van der Waals surface area contributed by atoms with Gasteiger partial charge in [0.15, 0.2) is 12.3 Å². The first-order valence-corrected chi connectivity index (χ1v) is 8.27. The number of hydrogen-bond donors (Lipinski definition) is 1. The Balaban J connectivity index is 2.08. The summed E-state index contributed by atoms with van der Waals surface area (Å²) in [5.41, 5.74) is -0.519. The summed E-state index contributed by atoms with van der Waals surface area (Å²) in [5.74, 6) is -0.00136. The molecule has 2 heterocycles. The molecule has 148 valence electrons. The van der Waals surface area contributed by atoms with Crippen molar-refractivity contribution in [2.75, 3.05) is 6.61 Å². The zero-order valence-electron chi connectivity index (χ0n) is 14.9. The molecule has 0 unspecified atom stereocenters. The number of rotatable bonds is 5. The molecule has 0 saturated heterocycles. The van der Waals surface area contributed by atoms with Gasteiger partial charge in [0.1, 0.15) is 5.75 Å². The van der Waals surface area contributed by atoms with E-state index in [2.05, 4.69) is 14.7 Å². The fourth-order valence-corrected chi connectivity index (χ4v) is 2.45. The van der Waals surface area contributed by atoms with Gasteiger partial charge in [-0.15, -0.1) is 0 Å². The van der Waals surface area contributed by atoms with Crippen molar-refractivity contribution in [3.05, 3.63) is 57.1 Å². The van der Waals surface area contributed by atoms with Crippen LogP contribution in [0.2, 0.25) is 0 Å². The number of aromatic amines is 1. The predicted molar refractivity (Wildman–Crippen MR) is 95.3 cm³/mol. The Bertz CT molecular complexity index is 1100. The van der Waals surface area contributed by atoms with E-state index in [0.717, 1.165) is 0 Å². The molecule has 0 aliphatic rings. The van der Waals surface area contributed by atoms with E-state index in [4.69, 9.17) is 4.74 Å². The number of nitrogens with one attached hydrogen (secondary N) is 1. The third-order valence-electron chi connectivity index (χ3n) is 3.57. The van der Waals surface area contributed by atoms with E-state index in [9.17, 15) is 22.8 Å². The largest absolute Gasteiger partial charge is 0.484 e. The molecule has 0 fully saturated rings. The third-order valence-corrected chi connectivity index (χ3v) is 3.57. The molecule has 1 aromatic carbocycles. The number of alkyl halides is 3. The predicted octanol–water partition coefficient (Wildman–Crippen LogP) is 2.80. The van der Waals surface area contributed by atoms with Crippen molar-refractivity contribution in [2.45, 2.75) is 26.1 Å². The number of hydrogen-bond acceptors (Lipinski definition) is 5. The van der Waals surface area contributed by atoms with Crippen LogP contribution in [0.1, 0.15) is 13.8 Å². The number of ether oxygens (including phenoxy) is 2. The summed E-state index contributed by atoms with van der Waals surface area (Å²) in [6.07, 6.45) is -4.77. The maximum atomic E-state index is 12.9. The maximum absolute atomic E-state index is 12.9. The highest BCUT2D eigenvalue weighted by Crippen LogP contribution is 2.22. The van der Waals surface area contributed by atoms with Gasteiger partial charge in [-0.05, 0) is 44.2 Å². The summed E-state index contributed by atoms with van der Waals surface area (Å²) in [5, 5.41) is 0.160. The molecular formula is C18H16F3N3O4. The number of nitrogens with zero attached hydrogens (tertiary/aromatic N) is 2. The second-order valence-electron chi connectivity index (χ2n) is 6.18. The van der Waals surface area contributed by atoms with Crippen LogP contribution in [0.4, 0.5) is 13.2 Å². The Morgan fingerprint density at radius 2 is 1.79 bits per heavy atom. The summed E-state index contributed by atoms with van der Waals surface area (Å²) in [6, 6.07) is 7.94. The summed E-state index contributed by atoms with van der Waals surface area (Å²) in [4.78, 5) is 31.1. The number of halogens is 3. The SMILES string of the molecule is CC(C)Oc1nc2[nH]c(=O)ccc2c(=O)n1-c1ccc(OCC(F)(F)F)cc1. The first-order chi connectivity index (χ1) is 13.1. The summed E-state index contributed by atoms with van der Waals surface area (Å²) in [6.45, 7) is 2.06. The van der Waals surface area contributed by atoms with Gasteiger partial charge in [0.05, 0.1) is 17.2 Å². The van der Waals surface area contributed by atoms with Crippen molar-refractivity contribution in [3.63, 3.8) is 0 Å². The molecule has 0 spiro atoms. The molecule has 0 saturated carbocycles. The zero-order valence-corrected chi connectivity index (χ0v) is 14.9. The second kappa shape index (κ2) is 7.37. The number of H-pyrrole nitrogens is 1. The molecule has 0 aliphatic heterocycles. The lowest BCUT2D eigenvalue weighted by molar-refractivity contribution is -0.153. The van der Waals surface area contributed by atoms with Crippen molar-refractivity contribution in [2.24, 2.45) is 0 Å². The Labute approximate surface area is 156 Å². The standard InChI is InChI=1S/C18H16F3N3O4/c1-10(2)28-17-23-15-13(7-8-14(25)22-15)16(26)24(17)11-3-5-12(6-4-11)27-9-18(19,20)21/h3-8,10H,9H2,1-2H3,(H,22,25). The molecule has 2 aromatic heterocycles. The van der Waals surface area contributed by atoms with E-state index in [1.54, 1.807) is 13.8 Å². The van der Waals surface area contributed by atoms with Gasteiger partial charge in [0, 0.05) is 6.07 Å². The molecule has 10 heteroatoms. The van der Waals surface area contributed by atoms with Crippen LogP contribution >= 0.6 is 0 Å². The Kier molecular flexibility index (Phi) is 5.12. The fraction of sp³-hybridized carbons (Fsp3) is 0.278. The van der Waals surface area contributed by atoms with E-state index in [-0.39, 0.29) is 28.9 Å². The van der Waals surface area contributed by atoms with Gasteiger partial charge in [-0.25, -0.2) is 4.57 Å². The summed E-state index contributed by atoms with van der Waals surface area (Å²) in [7, 11) is 0. The minimum absolute atomic E-state index is 0.00136. The highest BCUT2D eigenvalue weighted by Gasteiger charge is 2.28. The van der Waals surface area contributed by atoms with Crippen molar-refractivity contribution >= 4 is 11.0 Å². The van der Waals surface area contributed by atoms with Crippen LogP contribution in [-0.2, 0) is 0 Å². The van der Waals surface area contributed by atoms with E-state index in [0.29, 0.717) is 5.69 Å². The number of fused-ring (bicyclic) bond motifs is 1. The van der Waals surface area contributed by atoms with Gasteiger partial charge >= 0.3 is 12.2 Å². The van der Waals surface area contributed by atoms with Crippen LogP contribution in [0.25, 0.3) is 16.7 Å². The van der Waals surface area contributed by atoms with Gasteiger partial charge in [0.2, 0.25) is 5.56 Å². The Morgan fingerprint density at radius 3 is 2.39 bits per heavy atom. The van der Waals surface area contributed by atoms with E-state index >= 15 is 0 Å². The molecule has 0 amide bonds. The van der Waals surface area contributed by atoms with Crippen molar-refractivity contribution in [1.29, 1.82) is 0 Å². The van der Waals surface area contributed by atoms with Crippen molar-refractivity contribution in [1.82, 2.24) is 14.5 Å². The first-order valence-electron chi connectivity index (χ1n) is 8.27. The van der Waals surface area contributed by atoms with Crippen LogP contribution < -0.4 is 20.6 Å². The number of pyridine rings is 1. The van der Waals surface area contributed by atoms with E-state index in [1.807, 2.05) is 0 Å². The number of benzene rings is 1. The molecule has 28 heavy (non-hydrogen) atoms. The molecule has 0 aliphatic carbocycles. The van der Waals surface area contributed by atoms with E-state index in [1.165, 1.54) is 41.0 Å². The van der Waals surface area contributed by atoms with Crippen LogP contribution in [0.3, 0.4) is 0 Å².